The summed E-state index contributed by atoms with van der Waals surface area (Å²) in [6.07, 6.45) is 3.78. The first kappa shape index (κ1) is 16.4. The van der Waals surface area contributed by atoms with Gasteiger partial charge in [-0.1, -0.05) is 19.0 Å². The number of aromatic nitrogens is 3. The molecule has 1 saturated heterocycles. The summed E-state index contributed by atoms with van der Waals surface area (Å²) >= 11 is 0. The van der Waals surface area contributed by atoms with E-state index in [4.69, 9.17) is 4.52 Å². The third kappa shape index (κ3) is 3.72. The second-order valence-electron chi connectivity index (χ2n) is 6.50. The smallest absolute Gasteiger partial charge is 0.258 e. The SMILES string of the molecule is CC(=O)NC1CCCN(c2cc(-c3nc(C(C)C)no3)ccn2)C1. The summed E-state index contributed by atoms with van der Waals surface area (Å²) in [7, 11) is 0. The summed E-state index contributed by atoms with van der Waals surface area (Å²) in [5, 5.41) is 7.01. The molecular formula is C17H23N5O2. The van der Waals surface area contributed by atoms with Crippen LogP contribution in [-0.2, 0) is 4.79 Å². The molecule has 1 atom stereocenters. The van der Waals surface area contributed by atoms with Crippen LogP contribution in [0, 0.1) is 0 Å². The molecule has 0 saturated carbocycles. The van der Waals surface area contributed by atoms with Gasteiger partial charge in [0, 0.05) is 43.7 Å². The number of anilines is 1. The zero-order valence-electron chi connectivity index (χ0n) is 14.3. The zero-order chi connectivity index (χ0) is 17.1. The van der Waals surface area contributed by atoms with E-state index in [1.807, 2.05) is 26.0 Å². The highest BCUT2D eigenvalue weighted by Gasteiger charge is 2.22. The van der Waals surface area contributed by atoms with Gasteiger partial charge in [-0.25, -0.2) is 4.98 Å². The van der Waals surface area contributed by atoms with Crippen molar-refractivity contribution in [2.45, 2.75) is 45.6 Å². The first-order valence-electron chi connectivity index (χ1n) is 8.35. The van der Waals surface area contributed by atoms with Crippen LogP contribution < -0.4 is 10.2 Å². The largest absolute Gasteiger partial charge is 0.355 e. The van der Waals surface area contributed by atoms with E-state index < -0.39 is 0 Å². The number of hydrogen-bond acceptors (Lipinski definition) is 6. The van der Waals surface area contributed by atoms with E-state index >= 15 is 0 Å². The Kier molecular flexibility index (Phi) is 4.78. The highest BCUT2D eigenvalue weighted by atomic mass is 16.5. The van der Waals surface area contributed by atoms with Gasteiger partial charge in [0.15, 0.2) is 5.82 Å². The molecule has 7 nitrogen and oxygen atoms in total. The van der Waals surface area contributed by atoms with Crippen molar-refractivity contribution in [3.8, 4) is 11.5 Å². The van der Waals surface area contributed by atoms with Crippen molar-refractivity contribution in [3.05, 3.63) is 24.2 Å². The Balaban J connectivity index is 1.78. The van der Waals surface area contributed by atoms with E-state index in [9.17, 15) is 4.79 Å². The average molecular weight is 329 g/mol. The molecule has 2 aromatic rings. The normalized spacial score (nSPS) is 18.0. The van der Waals surface area contributed by atoms with Gasteiger partial charge in [-0.05, 0) is 25.0 Å². The number of pyridine rings is 1. The molecule has 7 heteroatoms. The third-order valence-electron chi connectivity index (χ3n) is 4.10. The van der Waals surface area contributed by atoms with Gasteiger partial charge in [0.1, 0.15) is 5.82 Å². The maximum Gasteiger partial charge on any atom is 0.258 e. The van der Waals surface area contributed by atoms with E-state index in [1.165, 1.54) is 0 Å². The predicted molar refractivity (Wildman–Crippen MR) is 90.7 cm³/mol. The van der Waals surface area contributed by atoms with Crippen LogP contribution >= 0.6 is 0 Å². The molecule has 3 heterocycles. The van der Waals surface area contributed by atoms with E-state index in [0.29, 0.717) is 11.7 Å². The van der Waals surface area contributed by atoms with Gasteiger partial charge < -0.3 is 14.7 Å². The fourth-order valence-corrected chi connectivity index (χ4v) is 2.90. The van der Waals surface area contributed by atoms with Crippen LogP contribution in [0.15, 0.2) is 22.9 Å². The summed E-state index contributed by atoms with van der Waals surface area (Å²) in [4.78, 5) is 22.4. The van der Waals surface area contributed by atoms with Gasteiger partial charge in [0.25, 0.3) is 5.89 Å². The molecule has 1 amide bonds. The Morgan fingerprint density at radius 3 is 3.00 bits per heavy atom. The number of hydrogen-bond donors (Lipinski definition) is 1. The van der Waals surface area contributed by atoms with Crippen molar-refractivity contribution >= 4 is 11.7 Å². The number of nitrogens with one attached hydrogen (secondary N) is 1. The molecule has 3 rings (SSSR count). The maximum absolute atomic E-state index is 11.3. The molecule has 2 aromatic heterocycles. The van der Waals surface area contributed by atoms with Crippen molar-refractivity contribution in [2.24, 2.45) is 0 Å². The third-order valence-corrected chi connectivity index (χ3v) is 4.10. The second kappa shape index (κ2) is 6.98. The van der Waals surface area contributed by atoms with Crippen molar-refractivity contribution < 1.29 is 9.32 Å². The molecule has 128 valence electrons. The standard InChI is InChI=1S/C17H23N5O2/c1-11(2)16-20-17(24-21-16)13-6-7-18-15(9-13)22-8-4-5-14(10-22)19-12(3)23/h6-7,9,11,14H,4-5,8,10H2,1-3H3,(H,19,23). The molecule has 0 spiro atoms. The lowest BCUT2D eigenvalue weighted by molar-refractivity contribution is -0.119. The lowest BCUT2D eigenvalue weighted by atomic mass is 10.1. The zero-order valence-corrected chi connectivity index (χ0v) is 14.3. The van der Waals surface area contributed by atoms with Crippen LogP contribution in [-0.4, -0.2) is 40.2 Å². The van der Waals surface area contributed by atoms with Gasteiger partial charge in [-0.2, -0.15) is 4.98 Å². The van der Waals surface area contributed by atoms with Crippen molar-refractivity contribution in [1.82, 2.24) is 20.4 Å². The summed E-state index contributed by atoms with van der Waals surface area (Å²) in [5.41, 5.74) is 0.862. The average Bonchev–Trinajstić information content (AvgIpc) is 3.05. The Hall–Kier alpha value is -2.44. The maximum atomic E-state index is 11.3. The summed E-state index contributed by atoms with van der Waals surface area (Å²) in [6, 6.07) is 4.00. The van der Waals surface area contributed by atoms with Crippen molar-refractivity contribution in [2.75, 3.05) is 18.0 Å². The number of piperidine rings is 1. The van der Waals surface area contributed by atoms with Crippen LogP contribution in [0.1, 0.15) is 45.4 Å². The fraction of sp³-hybridized carbons (Fsp3) is 0.529. The molecule has 1 fully saturated rings. The predicted octanol–water partition coefficient (Wildman–Crippen LogP) is 2.36. The summed E-state index contributed by atoms with van der Waals surface area (Å²) < 4.78 is 5.36. The highest BCUT2D eigenvalue weighted by molar-refractivity contribution is 5.73. The first-order valence-corrected chi connectivity index (χ1v) is 8.35. The number of amides is 1. The molecule has 0 aliphatic carbocycles. The van der Waals surface area contributed by atoms with Gasteiger partial charge in [0.05, 0.1) is 0 Å². The molecule has 1 unspecified atom stereocenters. The summed E-state index contributed by atoms with van der Waals surface area (Å²) in [5.74, 6) is 2.32. The number of carbonyl (C=O) groups is 1. The molecule has 0 bridgehead atoms. The lowest BCUT2D eigenvalue weighted by Gasteiger charge is -2.33. The minimum absolute atomic E-state index is 0.00985. The van der Waals surface area contributed by atoms with E-state index in [0.717, 1.165) is 37.3 Å². The Labute approximate surface area is 141 Å². The monoisotopic (exact) mass is 329 g/mol. The molecule has 0 radical (unpaired) electrons. The minimum Gasteiger partial charge on any atom is -0.355 e. The Bertz CT molecular complexity index is 713. The fourth-order valence-electron chi connectivity index (χ4n) is 2.90. The van der Waals surface area contributed by atoms with Crippen LogP contribution in [0.4, 0.5) is 5.82 Å². The summed E-state index contributed by atoms with van der Waals surface area (Å²) in [6.45, 7) is 7.30. The molecule has 1 aliphatic rings. The van der Waals surface area contributed by atoms with Crippen LogP contribution in [0.5, 0.6) is 0 Å². The number of carbonyl (C=O) groups excluding carboxylic acids is 1. The van der Waals surface area contributed by atoms with Gasteiger partial charge in [-0.15, -0.1) is 0 Å². The quantitative estimate of drug-likeness (QED) is 0.927. The van der Waals surface area contributed by atoms with Crippen molar-refractivity contribution in [1.29, 1.82) is 0 Å². The van der Waals surface area contributed by atoms with Crippen molar-refractivity contribution in [3.63, 3.8) is 0 Å². The van der Waals surface area contributed by atoms with Crippen LogP contribution in [0.3, 0.4) is 0 Å². The van der Waals surface area contributed by atoms with Gasteiger partial charge >= 0.3 is 0 Å². The molecule has 1 N–H and O–H groups in total. The van der Waals surface area contributed by atoms with E-state index in [-0.39, 0.29) is 17.9 Å². The molecule has 24 heavy (non-hydrogen) atoms. The topological polar surface area (TPSA) is 84.2 Å². The van der Waals surface area contributed by atoms with Gasteiger partial charge in [-0.3, -0.25) is 4.79 Å². The lowest BCUT2D eigenvalue weighted by Crippen LogP contribution is -2.47. The molecular weight excluding hydrogens is 306 g/mol. The van der Waals surface area contributed by atoms with E-state index in [1.54, 1.807) is 13.1 Å². The second-order valence-corrected chi connectivity index (χ2v) is 6.50. The number of nitrogens with zero attached hydrogens (tertiary/aromatic N) is 4. The highest BCUT2D eigenvalue weighted by Crippen LogP contribution is 2.25. The Morgan fingerprint density at radius 1 is 1.46 bits per heavy atom. The Morgan fingerprint density at radius 2 is 2.29 bits per heavy atom. The van der Waals surface area contributed by atoms with E-state index in [2.05, 4.69) is 25.3 Å². The number of rotatable bonds is 4. The van der Waals surface area contributed by atoms with Crippen LogP contribution in [0.2, 0.25) is 0 Å². The minimum atomic E-state index is 0.00985. The first-order chi connectivity index (χ1) is 11.5. The van der Waals surface area contributed by atoms with Gasteiger partial charge in [0.2, 0.25) is 5.91 Å². The molecule has 1 aliphatic heterocycles. The van der Waals surface area contributed by atoms with Crippen LogP contribution in [0.25, 0.3) is 11.5 Å². The molecule has 0 aromatic carbocycles.